The van der Waals surface area contributed by atoms with Crippen molar-refractivity contribution in [2.45, 2.75) is 32.7 Å². The summed E-state index contributed by atoms with van der Waals surface area (Å²) >= 11 is 0. The van der Waals surface area contributed by atoms with E-state index >= 15 is 0 Å². The molecule has 1 aromatic carbocycles. The average Bonchev–Trinajstić information content (AvgIpc) is 3.01. The van der Waals surface area contributed by atoms with Crippen LogP contribution in [0.5, 0.6) is 0 Å². The Bertz CT molecular complexity index is 943. The second-order valence-corrected chi connectivity index (χ2v) is 6.21. The second-order valence-electron chi connectivity index (χ2n) is 6.21. The summed E-state index contributed by atoms with van der Waals surface area (Å²) < 4.78 is 1.59. The molecule has 2 heterocycles. The molecule has 116 valence electrons. The molecule has 0 fully saturated rings. The van der Waals surface area contributed by atoms with Crippen molar-refractivity contribution in [3.05, 3.63) is 75.3 Å². The van der Waals surface area contributed by atoms with E-state index in [2.05, 4.69) is 28.5 Å². The lowest BCUT2D eigenvalue weighted by Crippen LogP contribution is -2.17. The quantitative estimate of drug-likeness (QED) is 0.809. The van der Waals surface area contributed by atoms with Crippen LogP contribution in [0.4, 0.5) is 5.69 Å². The third-order valence-corrected chi connectivity index (χ3v) is 4.43. The number of benzene rings is 1. The Kier molecular flexibility index (Phi) is 3.37. The molecule has 1 aliphatic carbocycles. The van der Waals surface area contributed by atoms with Crippen molar-refractivity contribution in [2.24, 2.45) is 0 Å². The van der Waals surface area contributed by atoms with Crippen molar-refractivity contribution >= 4 is 11.3 Å². The molecule has 2 aromatic heterocycles. The molecule has 0 atom stereocenters. The zero-order valence-electron chi connectivity index (χ0n) is 13.2. The van der Waals surface area contributed by atoms with Gasteiger partial charge in [-0.05, 0) is 61.1 Å². The SMILES string of the molecule is Cc1ccc2nc(CNc3ccc4c(c3)CCC4)cc(=O)n2c1. The van der Waals surface area contributed by atoms with E-state index < -0.39 is 0 Å². The van der Waals surface area contributed by atoms with Crippen molar-refractivity contribution in [1.29, 1.82) is 0 Å². The van der Waals surface area contributed by atoms with E-state index in [-0.39, 0.29) is 5.56 Å². The van der Waals surface area contributed by atoms with E-state index in [1.54, 1.807) is 10.5 Å². The van der Waals surface area contributed by atoms with Crippen molar-refractivity contribution in [1.82, 2.24) is 9.38 Å². The van der Waals surface area contributed by atoms with Crippen LogP contribution in [-0.2, 0) is 19.4 Å². The Morgan fingerprint density at radius 2 is 2.00 bits per heavy atom. The first-order valence-corrected chi connectivity index (χ1v) is 8.04. The van der Waals surface area contributed by atoms with Crippen LogP contribution in [0.1, 0.15) is 28.8 Å². The summed E-state index contributed by atoms with van der Waals surface area (Å²) in [5, 5.41) is 3.38. The van der Waals surface area contributed by atoms with E-state index in [0.717, 1.165) is 16.9 Å². The fourth-order valence-corrected chi connectivity index (χ4v) is 3.22. The molecule has 0 saturated heterocycles. The number of aromatic nitrogens is 2. The van der Waals surface area contributed by atoms with E-state index in [1.165, 1.54) is 30.4 Å². The highest BCUT2D eigenvalue weighted by Gasteiger charge is 2.10. The van der Waals surface area contributed by atoms with Crippen LogP contribution in [0.15, 0.2) is 47.4 Å². The number of nitrogens with one attached hydrogen (secondary N) is 1. The van der Waals surface area contributed by atoms with Gasteiger partial charge in [0.25, 0.3) is 5.56 Å². The lowest BCUT2D eigenvalue weighted by molar-refractivity contribution is 0.911. The van der Waals surface area contributed by atoms with Crippen LogP contribution < -0.4 is 10.9 Å². The predicted molar refractivity (Wildman–Crippen MR) is 92.0 cm³/mol. The summed E-state index contributed by atoms with van der Waals surface area (Å²) in [6.07, 6.45) is 5.43. The first-order valence-electron chi connectivity index (χ1n) is 8.04. The fourth-order valence-electron chi connectivity index (χ4n) is 3.22. The zero-order valence-corrected chi connectivity index (χ0v) is 13.2. The minimum absolute atomic E-state index is 0.0375. The van der Waals surface area contributed by atoms with Gasteiger partial charge in [-0.3, -0.25) is 9.20 Å². The van der Waals surface area contributed by atoms with Crippen LogP contribution >= 0.6 is 0 Å². The Labute approximate surface area is 134 Å². The molecule has 3 aromatic rings. The molecule has 0 unspecified atom stereocenters. The molecule has 4 heteroatoms. The van der Waals surface area contributed by atoms with Gasteiger partial charge in [-0.25, -0.2) is 4.98 Å². The number of hydrogen-bond donors (Lipinski definition) is 1. The van der Waals surface area contributed by atoms with E-state index in [0.29, 0.717) is 12.2 Å². The molecule has 0 bridgehead atoms. The molecular formula is C19H19N3O. The molecule has 1 aliphatic rings. The number of hydrogen-bond acceptors (Lipinski definition) is 3. The number of aryl methyl sites for hydroxylation is 3. The summed E-state index contributed by atoms with van der Waals surface area (Å²) in [6, 6.07) is 12.0. The van der Waals surface area contributed by atoms with Crippen LogP contribution in [0.25, 0.3) is 5.65 Å². The van der Waals surface area contributed by atoms with Crippen LogP contribution in [0.2, 0.25) is 0 Å². The smallest absolute Gasteiger partial charge is 0.258 e. The fraction of sp³-hybridized carbons (Fsp3) is 0.263. The number of rotatable bonds is 3. The second kappa shape index (κ2) is 5.54. The van der Waals surface area contributed by atoms with Crippen LogP contribution in [0, 0.1) is 6.92 Å². The normalized spacial score (nSPS) is 13.3. The lowest BCUT2D eigenvalue weighted by Gasteiger charge is -2.09. The lowest BCUT2D eigenvalue weighted by atomic mass is 10.1. The van der Waals surface area contributed by atoms with E-state index in [4.69, 9.17) is 0 Å². The van der Waals surface area contributed by atoms with Gasteiger partial charge in [0.1, 0.15) is 5.65 Å². The van der Waals surface area contributed by atoms with Gasteiger partial charge in [0.2, 0.25) is 0 Å². The predicted octanol–water partition coefficient (Wildman–Crippen LogP) is 3.10. The maximum atomic E-state index is 12.2. The first-order chi connectivity index (χ1) is 11.2. The van der Waals surface area contributed by atoms with Gasteiger partial charge in [-0.1, -0.05) is 12.1 Å². The van der Waals surface area contributed by atoms with Crippen molar-refractivity contribution in [3.63, 3.8) is 0 Å². The summed E-state index contributed by atoms with van der Waals surface area (Å²) in [5.74, 6) is 0. The maximum absolute atomic E-state index is 12.2. The van der Waals surface area contributed by atoms with Crippen LogP contribution in [-0.4, -0.2) is 9.38 Å². The summed E-state index contributed by atoms with van der Waals surface area (Å²) in [6.45, 7) is 2.52. The topological polar surface area (TPSA) is 46.4 Å². The average molecular weight is 305 g/mol. The van der Waals surface area contributed by atoms with Gasteiger partial charge in [-0.15, -0.1) is 0 Å². The Morgan fingerprint density at radius 3 is 2.91 bits per heavy atom. The van der Waals surface area contributed by atoms with Crippen molar-refractivity contribution < 1.29 is 0 Å². The first kappa shape index (κ1) is 14.0. The minimum Gasteiger partial charge on any atom is -0.379 e. The molecule has 4 nitrogen and oxygen atoms in total. The minimum atomic E-state index is -0.0375. The molecule has 0 spiro atoms. The molecule has 0 radical (unpaired) electrons. The maximum Gasteiger partial charge on any atom is 0.258 e. The number of fused-ring (bicyclic) bond motifs is 2. The molecule has 0 saturated carbocycles. The summed E-state index contributed by atoms with van der Waals surface area (Å²) in [4.78, 5) is 16.8. The summed E-state index contributed by atoms with van der Waals surface area (Å²) in [5.41, 5.74) is 6.46. The molecule has 4 rings (SSSR count). The van der Waals surface area contributed by atoms with Crippen molar-refractivity contribution in [2.75, 3.05) is 5.32 Å². The van der Waals surface area contributed by atoms with E-state index in [1.807, 2.05) is 25.3 Å². The highest BCUT2D eigenvalue weighted by atomic mass is 16.1. The van der Waals surface area contributed by atoms with E-state index in [9.17, 15) is 4.79 Å². The van der Waals surface area contributed by atoms with Gasteiger partial charge in [0, 0.05) is 18.0 Å². The standard InChI is InChI=1S/C19H19N3O/c1-13-5-8-18-21-17(10-19(23)22(18)12-13)11-20-16-7-6-14-3-2-4-15(14)9-16/h5-10,12,20H,2-4,11H2,1H3. The molecule has 0 aliphatic heterocycles. The van der Waals surface area contributed by atoms with Gasteiger partial charge in [0.05, 0.1) is 12.2 Å². The summed E-state index contributed by atoms with van der Waals surface area (Å²) in [7, 11) is 0. The van der Waals surface area contributed by atoms with Gasteiger partial charge >= 0.3 is 0 Å². The van der Waals surface area contributed by atoms with Gasteiger partial charge in [0.15, 0.2) is 0 Å². The van der Waals surface area contributed by atoms with Crippen LogP contribution in [0.3, 0.4) is 0 Å². The highest BCUT2D eigenvalue weighted by Crippen LogP contribution is 2.25. The molecular weight excluding hydrogens is 286 g/mol. The molecule has 0 amide bonds. The number of pyridine rings is 1. The van der Waals surface area contributed by atoms with Gasteiger partial charge < -0.3 is 5.32 Å². The number of anilines is 1. The Hall–Kier alpha value is -2.62. The van der Waals surface area contributed by atoms with Gasteiger partial charge in [-0.2, -0.15) is 0 Å². The number of nitrogens with zero attached hydrogens (tertiary/aromatic N) is 2. The molecule has 23 heavy (non-hydrogen) atoms. The molecule has 1 N–H and O–H groups in total. The monoisotopic (exact) mass is 305 g/mol. The third-order valence-electron chi connectivity index (χ3n) is 4.43. The zero-order chi connectivity index (χ0) is 15.8. The largest absolute Gasteiger partial charge is 0.379 e. The highest BCUT2D eigenvalue weighted by molar-refractivity contribution is 5.50. The van der Waals surface area contributed by atoms with Crippen molar-refractivity contribution in [3.8, 4) is 0 Å². The third kappa shape index (κ3) is 2.72. The Balaban J connectivity index is 1.58. The Morgan fingerprint density at radius 1 is 1.13 bits per heavy atom.